The lowest BCUT2D eigenvalue weighted by Crippen LogP contribution is -2.42. The molecule has 2 aromatic rings. The minimum atomic E-state index is 0.230. The van der Waals surface area contributed by atoms with Crippen molar-refractivity contribution < 1.29 is 0 Å². The van der Waals surface area contributed by atoms with E-state index in [2.05, 4.69) is 74.2 Å². The van der Waals surface area contributed by atoms with Crippen LogP contribution in [-0.2, 0) is 12.8 Å². The van der Waals surface area contributed by atoms with Crippen LogP contribution in [0.1, 0.15) is 37.5 Å². The molecule has 2 aromatic carbocycles. The highest BCUT2D eigenvalue weighted by atomic mass is 15.3. The minimum Gasteiger partial charge on any atom is -0.369 e. The van der Waals surface area contributed by atoms with Crippen LogP contribution in [0.15, 0.2) is 53.5 Å². The maximum Gasteiger partial charge on any atom is 0.201 e. The molecule has 0 saturated carbocycles. The summed E-state index contributed by atoms with van der Waals surface area (Å²) in [7, 11) is 0. The van der Waals surface area contributed by atoms with Gasteiger partial charge in [0.1, 0.15) is 0 Å². The van der Waals surface area contributed by atoms with Gasteiger partial charge in [-0.3, -0.25) is 0 Å². The summed E-state index contributed by atoms with van der Waals surface area (Å²) in [6, 6.07) is 15.0. The van der Waals surface area contributed by atoms with Gasteiger partial charge in [0.15, 0.2) is 0 Å². The first-order valence-electron chi connectivity index (χ1n) is 8.61. The fourth-order valence-corrected chi connectivity index (χ4v) is 3.17. The van der Waals surface area contributed by atoms with Crippen molar-refractivity contribution >= 4 is 23.4 Å². The third-order valence-electron chi connectivity index (χ3n) is 4.39. The monoisotopic (exact) mass is 319 g/mol. The number of allylic oxidation sites excluding steroid dienone is 1. The molecule has 0 unspecified atom stereocenters. The van der Waals surface area contributed by atoms with Crippen LogP contribution in [0.2, 0.25) is 0 Å². The number of aliphatic imine (C=N–C) groups is 1. The van der Waals surface area contributed by atoms with Crippen LogP contribution in [-0.4, -0.2) is 12.0 Å². The molecule has 3 nitrogen and oxygen atoms in total. The van der Waals surface area contributed by atoms with Gasteiger partial charge in [-0.05, 0) is 56.0 Å². The third-order valence-corrected chi connectivity index (χ3v) is 4.39. The van der Waals surface area contributed by atoms with Gasteiger partial charge in [-0.15, -0.1) is 0 Å². The van der Waals surface area contributed by atoms with Gasteiger partial charge < -0.3 is 10.6 Å². The van der Waals surface area contributed by atoms with Crippen LogP contribution in [0.4, 0.5) is 11.4 Å². The number of guanidine groups is 1. The summed E-state index contributed by atoms with van der Waals surface area (Å²) in [6.45, 7) is 6.43. The lowest BCUT2D eigenvalue weighted by atomic mass is 10.1. The van der Waals surface area contributed by atoms with Crippen LogP contribution in [0.5, 0.6) is 0 Å². The first-order chi connectivity index (χ1) is 11.6. The Bertz CT molecular complexity index is 787. The van der Waals surface area contributed by atoms with Gasteiger partial charge in [-0.25, -0.2) is 4.99 Å². The van der Waals surface area contributed by atoms with Crippen molar-refractivity contribution in [2.45, 2.75) is 39.7 Å². The fourth-order valence-electron chi connectivity index (χ4n) is 3.17. The zero-order valence-corrected chi connectivity index (χ0v) is 14.7. The summed E-state index contributed by atoms with van der Waals surface area (Å²) < 4.78 is 0. The van der Waals surface area contributed by atoms with Crippen molar-refractivity contribution in [3.8, 4) is 0 Å². The van der Waals surface area contributed by atoms with Crippen molar-refractivity contribution in [2.75, 3.05) is 4.90 Å². The topological polar surface area (TPSA) is 41.6 Å². The average molecular weight is 319 g/mol. The van der Waals surface area contributed by atoms with E-state index in [-0.39, 0.29) is 6.04 Å². The summed E-state index contributed by atoms with van der Waals surface area (Å²) in [6.07, 6.45) is 6.29. The molecule has 3 heteroatoms. The molecule has 2 N–H and O–H groups in total. The molecule has 0 aliphatic heterocycles. The first-order valence-corrected chi connectivity index (χ1v) is 8.61. The summed E-state index contributed by atoms with van der Waals surface area (Å²) >= 11 is 0. The Morgan fingerprint density at radius 3 is 2.75 bits per heavy atom. The molecule has 0 radical (unpaired) electrons. The molecular weight excluding hydrogens is 294 g/mol. The second kappa shape index (κ2) is 6.91. The van der Waals surface area contributed by atoms with Crippen molar-refractivity contribution in [1.82, 2.24) is 0 Å². The SMILES string of the molecule is CCc1cccc(N(C(N)=Nc2cccc3c2C=CC3)C(C)C)c1. The van der Waals surface area contributed by atoms with Gasteiger partial charge in [0.25, 0.3) is 0 Å². The van der Waals surface area contributed by atoms with Crippen LogP contribution in [0.25, 0.3) is 6.08 Å². The smallest absolute Gasteiger partial charge is 0.201 e. The fraction of sp³-hybridized carbons (Fsp3) is 0.286. The number of rotatable bonds is 4. The molecular formula is C21H25N3. The highest BCUT2D eigenvalue weighted by molar-refractivity contribution is 5.97. The lowest BCUT2D eigenvalue weighted by molar-refractivity contribution is 0.801. The Morgan fingerprint density at radius 1 is 1.21 bits per heavy atom. The number of nitrogens with two attached hydrogens (primary N) is 1. The number of fused-ring (bicyclic) bond motifs is 1. The van der Waals surface area contributed by atoms with E-state index in [4.69, 9.17) is 10.7 Å². The number of aryl methyl sites for hydroxylation is 1. The second-order valence-electron chi connectivity index (χ2n) is 6.41. The van der Waals surface area contributed by atoms with E-state index in [1.54, 1.807) is 0 Å². The molecule has 3 rings (SSSR count). The van der Waals surface area contributed by atoms with Crippen LogP contribution >= 0.6 is 0 Å². The van der Waals surface area contributed by atoms with Gasteiger partial charge in [0.05, 0.1) is 5.69 Å². The van der Waals surface area contributed by atoms with Gasteiger partial charge in [-0.2, -0.15) is 0 Å². The average Bonchev–Trinajstić information content (AvgIpc) is 3.04. The molecule has 0 saturated heterocycles. The van der Waals surface area contributed by atoms with Crippen LogP contribution < -0.4 is 10.6 Å². The minimum absolute atomic E-state index is 0.230. The molecule has 124 valence electrons. The van der Waals surface area contributed by atoms with Crippen molar-refractivity contribution in [3.05, 3.63) is 65.2 Å². The predicted octanol–water partition coefficient (Wildman–Crippen LogP) is 4.68. The van der Waals surface area contributed by atoms with E-state index in [0.717, 1.165) is 24.2 Å². The van der Waals surface area contributed by atoms with E-state index >= 15 is 0 Å². The van der Waals surface area contributed by atoms with E-state index in [0.29, 0.717) is 5.96 Å². The zero-order chi connectivity index (χ0) is 17.1. The summed E-state index contributed by atoms with van der Waals surface area (Å²) in [5.41, 5.74) is 12.3. The van der Waals surface area contributed by atoms with Gasteiger partial charge in [0.2, 0.25) is 5.96 Å². The van der Waals surface area contributed by atoms with Gasteiger partial charge in [0, 0.05) is 17.3 Å². The largest absolute Gasteiger partial charge is 0.369 e. The maximum absolute atomic E-state index is 6.42. The second-order valence-corrected chi connectivity index (χ2v) is 6.41. The zero-order valence-electron chi connectivity index (χ0n) is 14.7. The van der Waals surface area contributed by atoms with E-state index in [1.165, 1.54) is 16.7 Å². The molecule has 0 atom stereocenters. The first kappa shape index (κ1) is 16.3. The van der Waals surface area contributed by atoms with Crippen LogP contribution in [0, 0.1) is 0 Å². The standard InChI is InChI=1S/C21H25N3/c1-4-16-8-5-11-18(14-16)24(15(2)3)21(22)23-20-13-7-10-17-9-6-12-19(17)20/h5-8,10-15H,4,9H2,1-3H3,(H2,22,23). The molecule has 0 bridgehead atoms. The Kier molecular flexibility index (Phi) is 4.70. The number of hydrogen-bond donors (Lipinski definition) is 1. The number of anilines is 1. The third kappa shape index (κ3) is 3.21. The van der Waals surface area contributed by atoms with E-state index in [9.17, 15) is 0 Å². The Balaban J connectivity index is 2.00. The quantitative estimate of drug-likeness (QED) is 0.656. The summed E-state index contributed by atoms with van der Waals surface area (Å²) in [5.74, 6) is 0.534. The molecule has 0 amide bonds. The number of hydrogen-bond acceptors (Lipinski definition) is 1. The Morgan fingerprint density at radius 2 is 2.00 bits per heavy atom. The molecule has 0 spiro atoms. The Labute approximate surface area is 144 Å². The summed E-state index contributed by atoms with van der Waals surface area (Å²) in [4.78, 5) is 6.85. The maximum atomic E-state index is 6.42. The van der Waals surface area contributed by atoms with Gasteiger partial charge in [-0.1, -0.05) is 43.3 Å². The predicted molar refractivity (Wildman–Crippen MR) is 104 cm³/mol. The molecule has 24 heavy (non-hydrogen) atoms. The van der Waals surface area contributed by atoms with E-state index in [1.807, 2.05) is 6.07 Å². The van der Waals surface area contributed by atoms with Crippen molar-refractivity contribution in [1.29, 1.82) is 0 Å². The highest BCUT2D eigenvalue weighted by Crippen LogP contribution is 2.30. The molecule has 1 aliphatic rings. The number of benzene rings is 2. The lowest BCUT2D eigenvalue weighted by Gasteiger charge is -2.28. The highest BCUT2D eigenvalue weighted by Gasteiger charge is 2.16. The molecule has 0 aromatic heterocycles. The molecule has 1 aliphatic carbocycles. The normalized spacial score (nSPS) is 13.4. The van der Waals surface area contributed by atoms with E-state index < -0.39 is 0 Å². The molecule has 0 heterocycles. The van der Waals surface area contributed by atoms with Crippen molar-refractivity contribution in [2.24, 2.45) is 10.7 Å². The Hall–Kier alpha value is -2.55. The van der Waals surface area contributed by atoms with Gasteiger partial charge >= 0.3 is 0 Å². The van der Waals surface area contributed by atoms with Crippen molar-refractivity contribution in [3.63, 3.8) is 0 Å². The van der Waals surface area contributed by atoms with Crippen LogP contribution in [0.3, 0.4) is 0 Å². The number of nitrogens with zero attached hydrogens (tertiary/aromatic N) is 2. The summed E-state index contributed by atoms with van der Waals surface area (Å²) in [5, 5.41) is 0. The molecule has 0 fully saturated rings.